The van der Waals surface area contributed by atoms with Gasteiger partial charge in [0.15, 0.2) is 0 Å². The summed E-state index contributed by atoms with van der Waals surface area (Å²) in [6.07, 6.45) is 6.09. The molecular weight excluding hydrogens is 190 g/mol. The van der Waals surface area contributed by atoms with E-state index in [1.54, 1.807) is 0 Å². The lowest BCUT2D eigenvalue weighted by molar-refractivity contribution is 0.0555. The van der Waals surface area contributed by atoms with Gasteiger partial charge in [-0.2, -0.15) is 0 Å². The second-order valence-electron chi connectivity index (χ2n) is 4.45. The molecule has 0 radical (unpaired) electrons. The summed E-state index contributed by atoms with van der Waals surface area (Å²) >= 11 is 0. The van der Waals surface area contributed by atoms with Crippen LogP contribution >= 0.6 is 0 Å². The summed E-state index contributed by atoms with van der Waals surface area (Å²) in [5.41, 5.74) is 0. The van der Waals surface area contributed by atoms with Gasteiger partial charge in [-0.05, 0) is 26.7 Å². The van der Waals surface area contributed by atoms with Gasteiger partial charge in [0.2, 0.25) is 0 Å². The van der Waals surface area contributed by atoms with Crippen LogP contribution in [0.4, 0.5) is 0 Å². The van der Waals surface area contributed by atoms with E-state index in [1.807, 2.05) is 0 Å². The molecule has 3 heteroatoms. The number of hydrogen-bond acceptors (Lipinski definition) is 3. The first-order valence-electron chi connectivity index (χ1n) is 6.23. The van der Waals surface area contributed by atoms with Crippen LogP contribution in [0.3, 0.4) is 0 Å². The van der Waals surface area contributed by atoms with Gasteiger partial charge in [0, 0.05) is 13.1 Å². The van der Waals surface area contributed by atoms with Crippen molar-refractivity contribution in [1.82, 2.24) is 5.32 Å². The summed E-state index contributed by atoms with van der Waals surface area (Å²) in [6.45, 7) is 7.62. The van der Waals surface area contributed by atoms with Gasteiger partial charge in [0.25, 0.3) is 0 Å². The topological polar surface area (TPSA) is 30.5 Å². The Morgan fingerprint density at radius 2 is 1.80 bits per heavy atom. The molecule has 1 N–H and O–H groups in total. The standard InChI is InChI=1S/C12H25NO2/c1-11(2)14-9-7-13-8-10-15-12-5-3-4-6-12/h11-13H,3-10H2,1-2H3. The molecule has 1 aliphatic carbocycles. The smallest absolute Gasteiger partial charge is 0.0594 e. The Morgan fingerprint density at radius 3 is 2.47 bits per heavy atom. The normalized spacial score (nSPS) is 17.8. The molecule has 0 aliphatic heterocycles. The largest absolute Gasteiger partial charge is 0.377 e. The Kier molecular flexibility index (Phi) is 6.98. The molecule has 1 fully saturated rings. The Bertz CT molecular complexity index is 145. The van der Waals surface area contributed by atoms with Gasteiger partial charge in [0.05, 0.1) is 25.4 Å². The van der Waals surface area contributed by atoms with Gasteiger partial charge in [0.1, 0.15) is 0 Å². The Hall–Kier alpha value is -0.120. The zero-order chi connectivity index (χ0) is 10.9. The monoisotopic (exact) mass is 215 g/mol. The van der Waals surface area contributed by atoms with Gasteiger partial charge in [-0.3, -0.25) is 0 Å². The first-order chi connectivity index (χ1) is 7.29. The zero-order valence-electron chi connectivity index (χ0n) is 10.1. The van der Waals surface area contributed by atoms with Crippen molar-refractivity contribution in [1.29, 1.82) is 0 Å². The predicted molar refractivity (Wildman–Crippen MR) is 62.2 cm³/mol. The van der Waals surface area contributed by atoms with E-state index in [1.165, 1.54) is 25.7 Å². The quantitative estimate of drug-likeness (QED) is 0.628. The van der Waals surface area contributed by atoms with Crippen molar-refractivity contribution in [3.8, 4) is 0 Å². The van der Waals surface area contributed by atoms with Crippen molar-refractivity contribution in [2.24, 2.45) is 0 Å². The molecule has 0 unspecified atom stereocenters. The predicted octanol–water partition coefficient (Wildman–Crippen LogP) is 1.96. The van der Waals surface area contributed by atoms with E-state index in [2.05, 4.69) is 19.2 Å². The molecule has 0 amide bonds. The third-order valence-electron chi connectivity index (χ3n) is 2.66. The van der Waals surface area contributed by atoms with Crippen LogP contribution in [-0.4, -0.2) is 38.5 Å². The van der Waals surface area contributed by atoms with Crippen LogP contribution in [-0.2, 0) is 9.47 Å². The maximum absolute atomic E-state index is 5.73. The molecular formula is C12H25NO2. The van der Waals surface area contributed by atoms with Crippen molar-refractivity contribution in [3.05, 3.63) is 0 Å². The third-order valence-corrected chi connectivity index (χ3v) is 2.66. The number of nitrogens with one attached hydrogen (secondary N) is 1. The van der Waals surface area contributed by atoms with E-state index >= 15 is 0 Å². The molecule has 1 rings (SSSR count). The first-order valence-corrected chi connectivity index (χ1v) is 6.23. The fourth-order valence-corrected chi connectivity index (χ4v) is 1.84. The van der Waals surface area contributed by atoms with E-state index in [0.717, 1.165) is 26.3 Å². The highest BCUT2D eigenvalue weighted by molar-refractivity contribution is 4.66. The van der Waals surface area contributed by atoms with Crippen LogP contribution in [0.1, 0.15) is 39.5 Å². The first kappa shape index (κ1) is 12.9. The molecule has 90 valence electrons. The lowest BCUT2D eigenvalue weighted by Crippen LogP contribution is -2.26. The van der Waals surface area contributed by atoms with E-state index < -0.39 is 0 Å². The highest BCUT2D eigenvalue weighted by atomic mass is 16.5. The van der Waals surface area contributed by atoms with Crippen LogP contribution in [0.15, 0.2) is 0 Å². The summed E-state index contributed by atoms with van der Waals surface area (Å²) in [5, 5.41) is 3.31. The Balaban J connectivity index is 1.76. The maximum Gasteiger partial charge on any atom is 0.0594 e. The van der Waals surface area contributed by atoms with Gasteiger partial charge in [-0.25, -0.2) is 0 Å². The second-order valence-corrected chi connectivity index (χ2v) is 4.45. The maximum atomic E-state index is 5.73. The van der Waals surface area contributed by atoms with Crippen LogP contribution in [0.5, 0.6) is 0 Å². The molecule has 0 heterocycles. The second kappa shape index (κ2) is 8.08. The highest BCUT2D eigenvalue weighted by Gasteiger charge is 2.14. The number of rotatable bonds is 8. The summed E-state index contributed by atoms with van der Waals surface area (Å²) in [6, 6.07) is 0. The van der Waals surface area contributed by atoms with Crippen molar-refractivity contribution in [2.75, 3.05) is 26.3 Å². The molecule has 0 spiro atoms. The summed E-state index contributed by atoms with van der Waals surface area (Å²) in [4.78, 5) is 0. The lowest BCUT2D eigenvalue weighted by Gasteiger charge is -2.12. The van der Waals surface area contributed by atoms with E-state index in [9.17, 15) is 0 Å². The average molecular weight is 215 g/mol. The molecule has 3 nitrogen and oxygen atoms in total. The molecule has 0 aromatic rings. The Morgan fingerprint density at radius 1 is 1.13 bits per heavy atom. The van der Waals surface area contributed by atoms with Crippen molar-refractivity contribution in [3.63, 3.8) is 0 Å². The van der Waals surface area contributed by atoms with Crippen molar-refractivity contribution < 1.29 is 9.47 Å². The van der Waals surface area contributed by atoms with Crippen molar-refractivity contribution in [2.45, 2.75) is 51.7 Å². The fourth-order valence-electron chi connectivity index (χ4n) is 1.84. The lowest BCUT2D eigenvalue weighted by atomic mass is 10.3. The van der Waals surface area contributed by atoms with Crippen LogP contribution < -0.4 is 5.32 Å². The SMILES string of the molecule is CC(C)OCCNCCOC1CCCC1. The summed E-state index contributed by atoms with van der Waals surface area (Å²) < 4.78 is 11.1. The molecule has 0 atom stereocenters. The van der Waals surface area contributed by atoms with Gasteiger partial charge < -0.3 is 14.8 Å². The molecule has 1 aliphatic rings. The molecule has 15 heavy (non-hydrogen) atoms. The van der Waals surface area contributed by atoms with Crippen molar-refractivity contribution >= 4 is 0 Å². The average Bonchev–Trinajstić information content (AvgIpc) is 2.68. The zero-order valence-corrected chi connectivity index (χ0v) is 10.1. The minimum absolute atomic E-state index is 0.335. The molecule has 0 aromatic carbocycles. The minimum Gasteiger partial charge on any atom is -0.377 e. The van der Waals surface area contributed by atoms with Crippen LogP contribution in [0, 0.1) is 0 Å². The van der Waals surface area contributed by atoms with E-state index in [-0.39, 0.29) is 0 Å². The number of hydrogen-bond donors (Lipinski definition) is 1. The van der Waals surface area contributed by atoms with Gasteiger partial charge >= 0.3 is 0 Å². The minimum atomic E-state index is 0.335. The molecule has 1 saturated carbocycles. The molecule has 0 bridgehead atoms. The molecule has 0 aromatic heterocycles. The van der Waals surface area contributed by atoms with E-state index in [0.29, 0.717) is 12.2 Å². The van der Waals surface area contributed by atoms with Gasteiger partial charge in [-0.15, -0.1) is 0 Å². The summed E-state index contributed by atoms with van der Waals surface area (Å²) in [5.74, 6) is 0. The fraction of sp³-hybridized carbons (Fsp3) is 1.00. The van der Waals surface area contributed by atoms with E-state index in [4.69, 9.17) is 9.47 Å². The van der Waals surface area contributed by atoms with Crippen LogP contribution in [0.25, 0.3) is 0 Å². The molecule has 0 saturated heterocycles. The summed E-state index contributed by atoms with van der Waals surface area (Å²) in [7, 11) is 0. The van der Waals surface area contributed by atoms with Gasteiger partial charge in [-0.1, -0.05) is 12.8 Å². The van der Waals surface area contributed by atoms with Crippen LogP contribution in [0.2, 0.25) is 0 Å². The highest BCUT2D eigenvalue weighted by Crippen LogP contribution is 2.20. The number of ether oxygens (including phenoxy) is 2. The Labute approximate surface area is 93.5 Å². The third kappa shape index (κ3) is 6.88.